The number of amides is 1. The molecule has 1 aromatic heterocycles. The summed E-state index contributed by atoms with van der Waals surface area (Å²) >= 11 is 1.59. The van der Waals surface area contributed by atoms with E-state index in [2.05, 4.69) is 4.98 Å². The van der Waals surface area contributed by atoms with Crippen molar-refractivity contribution in [3.8, 4) is 0 Å². The summed E-state index contributed by atoms with van der Waals surface area (Å²) < 4.78 is 0. The highest BCUT2D eigenvalue weighted by Gasteiger charge is 1.99. The lowest BCUT2D eigenvalue weighted by atomic mass is 10.2. The average Bonchev–Trinajstić information content (AvgIpc) is 2.31. The van der Waals surface area contributed by atoms with E-state index in [-0.39, 0.29) is 7.33 Å². The molecule has 1 amide bonds. The molecule has 0 aliphatic heterocycles. The molecule has 1 aromatic rings. The van der Waals surface area contributed by atoms with E-state index in [4.69, 9.17) is 5.73 Å². The average molecular weight is 172 g/mol. The largest absolute Gasteiger partial charge is 0.370 e. The Kier molecular flexibility index (Phi) is 2.59. The van der Waals surface area contributed by atoms with Gasteiger partial charge in [-0.1, -0.05) is 0 Å². The number of aryl methyl sites for hydroxylation is 2. The molecule has 1 rings (SSSR count). The number of rotatable bonds is 3. The highest BCUT2D eigenvalue weighted by atomic mass is 32.1. The molecule has 0 aromatic carbocycles. The Bertz CT molecular complexity index is 262. The fourth-order valence-electron chi connectivity index (χ4n) is 0.774. The molecule has 0 spiro atoms. The Balaban J connectivity index is 0.00000121. The molecule has 0 aliphatic rings. The zero-order valence-corrected chi connectivity index (χ0v) is 7.15. The molecule has 0 saturated heterocycles. The molecule has 0 saturated carbocycles. The third-order valence-corrected chi connectivity index (χ3v) is 2.12. The van der Waals surface area contributed by atoms with Crippen molar-refractivity contribution in [1.29, 1.82) is 0 Å². The SMILES string of the molecule is Cc1nc(CCC(N)=O)cs1.[HH]. The number of nitrogens with zero attached hydrogens (tertiary/aromatic N) is 1. The summed E-state index contributed by atoms with van der Waals surface area (Å²) in [5, 5.41) is 2.99. The number of carbonyl (C=O) groups excluding carboxylic acids is 1. The molecule has 2 N–H and O–H groups in total. The first-order valence-electron chi connectivity index (χ1n) is 3.38. The van der Waals surface area contributed by atoms with Gasteiger partial charge in [-0.15, -0.1) is 11.3 Å². The Morgan fingerprint density at radius 2 is 2.64 bits per heavy atom. The molecule has 4 heteroatoms. The number of hydrogen-bond acceptors (Lipinski definition) is 3. The zero-order valence-electron chi connectivity index (χ0n) is 6.33. The van der Waals surface area contributed by atoms with Crippen LogP contribution in [-0.4, -0.2) is 10.9 Å². The number of carbonyl (C=O) groups is 1. The molecule has 0 atom stereocenters. The highest BCUT2D eigenvalue weighted by molar-refractivity contribution is 7.09. The summed E-state index contributed by atoms with van der Waals surface area (Å²) in [6, 6.07) is 0. The van der Waals surface area contributed by atoms with Gasteiger partial charge in [0.2, 0.25) is 5.91 Å². The molecular weight excluding hydrogens is 160 g/mol. The Morgan fingerprint density at radius 1 is 1.91 bits per heavy atom. The van der Waals surface area contributed by atoms with E-state index in [9.17, 15) is 4.79 Å². The molecular formula is C7H12N2OS. The Morgan fingerprint density at radius 3 is 3.09 bits per heavy atom. The van der Waals surface area contributed by atoms with Gasteiger partial charge in [-0.25, -0.2) is 4.98 Å². The van der Waals surface area contributed by atoms with Gasteiger partial charge >= 0.3 is 0 Å². The van der Waals surface area contributed by atoms with E-state index in [1.54, 1.807) is 11.3 Å². The summed E-state index contributed by atoms with van der Waals surface area (Å²) in [6.07, 6.45) is 1.06. The number of hydrogen-bond donors (Lipinski definition) is 1. The van der Waals surface area contributed by atoms with Crippen LogP contribution in [0.3, 0.4) is 0 Å². The fraction of sp³-hybridized carbons (Fsp3) is 0.429. The van der Waals surface area contributed by atoms with Crippen LogP contribution in [0.4, 0.5) is 0 Å². The van der Waals surface area contributed by atoms with Crippen LogP contribution in [0.5, 0.6) is 0 Å². The molecule has 0 unspecified atom stereocenters. The summed E-state index contributed by atoms with van der Waals surface area (Å²) in [5.41, 5.74) is 5.95. The summed E-state index contributed by atoms with van der Waals surface area (Å²) in [7, 11) is 0. The summed E-state index contributed by atoms with van der Waals surface area (Å²) in [6.45, 7) is 1.94. The number of aromatic nitrogens is 1. The third-order valence-electron chi connectivity index (χ3n) is 1.29. The molecule has 0 fully saturated rings. The van der Waals surface area contributed by atoms with Crippen LogP contribution >= 0.6 is 11.3 Å². The van der Waals surface area contributed by atoms with Gasteiger partial charge < -0.3 is 5.73 Å². The number of nitrogens with two attached hydrogens (primary N) is 1. The van der Waals surface area contributed by atoms with Crippen LogP contribution in [0.2, 0.25) is 0 Å². The second kappa shape index (κ2) is 3.48. The van der Waals surface area contributed by atoms with E-state index in [1.807, 2.05) is 12.3 Å². The Hall–Kier alpha value is -0.900. The van der Waals surface area contributed by atoms with E-state index >= 15 is 0 Å². The van der Waals surface area contributed by atoms with Gasteiger partial charge in [-0.05, 0) is 13.3 Å². The van der Waals surface area contributed by atoms with Crippen LogP contribution in [0.1, 0.15) is 18.5 Å². The molecule has 0 bridgehead atoms. The first-order valence-corrected chi connectivity index (χ1v) is 4.26. The van der Waals surface area contributed by atoms with Crippen molar-refractivity contribution in [2.75, 3.05) is 0 Å². The third kappa shape index (κ3) is 2.67. The number of thiazole rings is 1. The van der Waals surface area contributed by atoms with Gasteiger partial charge in [-0.3, -0.25) is 4.79 Å². The summed E-state index contributed by atoms with van der Waals surface area (Å²) in [5.74, 6) is -0.268. The van der Waals surface area contributed by atoms with Crippen LogP contribution in [-0.2, 0) is 11.2 Å². The maximum atomic E-state index is 10.4. The van der Waals surface area contributed by atoms with Gasteiger partial charge in [-0.2, -0.15) is 0 Å². The normalized spacial score (nSPS) is 9.91. The minimum absolute atomic E-state index is 0. The standard InChI is InChI=1S/C7H10N2OS.H2/c1-5-9-6(4-11-5)2-3-7(8)10;/h4H,2-3H2,1H3,(H2,8,10);1H. The lowest BCUT2D eigenvalue weighted by Crippen LogP contribution is -2.11. The van der Waals surface area contributed by atoms with Crippen molar-refractivity contribution in [1.82, 2.24) is 4.98 Å². The first-order chi connectivity index (χ1) is 5.18. The van der Waals surface area contributed by atoms with Gasteiger partial charge in [0, 0.05) is 13.2 Å². The fourth-order valence-corrected chi connectivity index (χ4v) is 1.42. The molecule has 62 valence electrons. The van der Waals surface area contributed by atoms with Crippen LogP contribution in [0.15, 0.2) is 5.38 Å². The van der Waals surface area contributed by atoms with E-state index in [0.29, 0.717) is 12.8 Å². The Labute approximate surface area is 70.7 Å². The van der Waals surface area contributed by atoms with Crippen molar-refractivity contribution >= 4 is 17.2 Å². The van der Waals surface area contributed by atoms with Crippen molar-refractivity contribution in [3.05, 3.63) is 16.1 Å². The second-order valence-corrected chi connectivity index (χ2v) is 3.39. The van der Waals surface area contributed by atoms with E-state index in [1.165, 1.54) is 0 Å². The minimum Gasteiger partial charge on any atom is -0.370 e. The van der Waals surface area contributed by atoms with Crippen LogP contribution in [0, 0.1) is 6.92 Å². The van der Waals surface area contributed by atoms with Crippen molar-refractivity contribution in [2.45, 2.75) is 19.8 Å². The molecule has 1 heterocycles. The van der Waals surface area contributed by atoms with Crippen LogP contribution < -0.4 is 5.73 Å². The predicted molar refractivity (Wildman–Crippen MR) is 46.5 cm³/mol. The van der Waals surface area contributed by atoms with Gasteiger partial charge in [0.1, 0.15) is 0 Å². The topological polar surface area (TPSA) is 56.0 Å². The van der Waals surface area contributed by atoms with Crippen molar-refractivity contribution in [3.63, 3.8) is 0 Å². The van der Waals surface area contributed by atoms with Crippen molar-refractivity contribution < 1.29 is 6.22 Å². The predicted octanol–water partition coefficient (Wildman–Crippen LogP) is 1.12. The van der Waals surface area contributed by atoms with Gasteiger partial charge in [0.15, 0.2) is 0 Å². The summed E-state index contributed by atoms with van der Waals surface area (Å²) in [4.78, 5) is 14.6. The molecule has 11 heavy (non-hydrogen) atoms. The lowest BCUT2D eigenvalue weighted by molar-refractivity contribution is -0.118. The zero-order chi connectivity index (χ0) is 8.27. The maximum absolute atomic E-state index is 10.4. The van der Waals surface area contributed by atoms with Gasteiger partial charge in [0.25, 0.3) is 0 Å². The lowest BCUT2D eigenvalue weighted by Gasteiger charge is -1.90. The quantitative estimate of drug-likeness (QED) is 0.742. The molecule has 3 nitrogen and oxygen atoms in total. The molecule has 0 aliphatic carbocycles. The monoisotopic (exact) mass is 172 g/mol. The maximum Gasteiger partial charge on any atom is 0.217 e. The minimum atomic E-state index is -0.268. The van der Waals surface area contributed by atoms with E-state index in [0.717, 1.165) is 10.7 Å². The van der Waals surface area contributed by atoms with Crippen LogP contribution in [0.25, 0.3) is 0 Å². The van der Waals surface area contributed by atoms with Crippen molar-refractivity contribution in [2.24, 2.45) is 5.73 Å². The number of primary amides is 1. The highest BCUT2D eigenvalue weighted by Crippen LogP contribution is 2.09. The first kappa shape index (κ1) is 8.20. The van der Waals surface area contributed by atoms with Gasteiger partial charge in [0.05, 0.1) is 10.7 Å². The molecule has 0 radical (unpaired) electrons. The smallest absolute Gasteiger partial charge is 0.217 e. The second-order valence-electron chi connectivity index (χ2n) is 2.32. The van der Waals surface area contributed by atoms with E-state index < -0.39 is 0 Å².